The highest BCUT2D eigenvalue weighted by molar-refractivity contribution is 5.33. The van der Waals surface area contributed by atoms with Crippen LogP contribution in [0.25, 0.3) is 5.82 Å². The molecule has 0 unspecified atom stereocenters. The Labute approximate surface area is 121 Å². The first-order valence-corrected chi connectivity index (χ1v) is 6.28. The van der Waals surface area contributed by atoms with E-state index < -0.39 is 0 Å². The fourth-order valence-corrected chi connectivity index (χ4v) is 1.86. The van der Waals surface area contributed by atoms with Crippen LogP contribution in [0.4, 0.5) is 0 Å². The van der Waals surface area contributed by atoms with Crippen LogP contribution in [0.15, 0.2) is 35.4 Å². The molecule has 1 aromatic carbocycles. The van der Waals surface area contributed by atoms with Crippen molar-refractivity contribution in [2.45, 2.75) is 13.5 Å². The average Bonchev–Trinajstić information content (AvgIpc) is 3.06. The van der Waals surface area contributed by atoms with Gasteiger partial charge in [0, 0.05) is 7.05 Å². The number of aryl methyl sites for hydroxylation is 2. The Morgan fingerprint density at radius 3 is 3.00 bits per heavy atom. The van der Waals surface area contributed by atoms with Crippen molar-refractivity contribution >= 4 is 0 Å². The Balaban J connectivity index is 1.84. The third-order valence-electron chi connectivity index (χ3n) is 3.01. The van der Waals surface area contributed by atoms with Crippen molar-refractivity contribution in [3.63, 3.8) is 0 Å². The molecule has 8 nitrogen and oxygen atoms in total. The van der Waals surface area contributed by atoms with Crippen molar-refractivity contribution in [2.75, 3.05) is 0 Å². The first-order valence-electron chi connectivity index (χ1n) is 6.78. The molecule has 8 heteroatoms. The minimum atomic E-state index is -0.386. The van der Waals surface area contributed by atoms with Crippen LogP contribution in [0, 0.1) is 6.92 Å². The van der Waals surface area contributed by atoms with Crippen LogP contribution in [0.2, 0.25) is 0 Å². The lowest BCUT2D eigenvalue weighted by atomic mass is 10.2. The van der Waals surface area contributed by atoms with Gasteiger partial charge in [0.15, 0.2) is 5.82 Å². The zero-order chi connectivity index (χ0) is 15.7. The number of hydrogen-bond donors (Lipinski definition) is 1. The summed E-state index contributed by atoms with van der Waals surface area (Å²) >= 11 is 0. The molecule has 1 N–H and O–H groups in total. The van der Waals surface area contributed by atoms with Crippen molar-refractivity contribution in [3.05, 3.63) is 52.3 Å². The van der Waals surface area contributed by atoms with Gasteiger partial charge in [0.1, 0.15) is 12.4 Å². The molecule has 108 valence electrons. The van der Waals surface area contributed by atoms with E-state index in [0.29, 0.717) is 23.3 Å². The molecule has 0 saturated heterocycles. The molecule has 0 aliphatic rings. The lowest BCUT2D eigenvalue weighted by Gasteiger charge is -2.08. The van der Waals surface area contributed by atoms with Crippen LogP contribution in [0.5, 0.6) is 5.75 Å². The summed E-state index contributed by atoms with van der Waals surface area (Å²) in [5.41, 5.74) is 1.09. The van der Waals surface area contributed by atoms with Crippen molar-refractivity contribution in [2.24, 2.45) is 7.05 Å². The molecule has 0 atom stereocenters. The summed E-state index contributed by atoms with van der Waals surface area (Å²) in [5, 5.41) is 7.41. The summed E-state index contributed by atoms with van der Waals surface area (Å²) in [7, 11) is 1.51. The molecule has 3 aromatic rings. The Kier molecular flexibility index (Phi) is 2.96. The van der Waals surface area contributed by atoms with Gasteiger partial charge in [0.25, 0.3) is 0 Å². The minimum absolute atomic E-state index is 0.191. The van der Waals surface area contributed by atoms with E-state index in [4.69, 9.17) is 6.11 Å². The molecular weight excluding hydrogens is 272 g/mol. The molecule has 0 aliphatic heterocycles. The number of aromatic amines is 1. The Morgan fingerprint density at radius 2 is 2.29 bits per heavy atom. The van der Waals surface area contributed by atoms with Gasteiger partial charge in [-0.3, -0.25) is 0 Å². The highest BCUT2D eigenvalue weighted by Gasteiger charge is 2.14. The van der Waals surface area contributed by atoms with Gasteiger partial charge in [-0.15, -0.1) is 4.68 Å². The number of hydrogen-bond acceptors (Lipinski definition) is 5. The SMILES string of the molecule is [3H]c1ccc(OCc2[nH]cnc2-n2nnn(C)c2=O)c(C)c1. The first kappa shape index (κ1) is 11.9. The molecule has 3 rings (SSSR count). The largest absolute Gasteiger partial charge is 0.487 e. The molecule has 2 heterocycles. The molecule has 0 spiro atoms. The van der Waals surface area contributed by atoms with Crippen molar-refractivity contribution in [3.8, 4) is 11.6 Å². The summed E-state index contributed by atoms with van der Waals surface area (Å²) in [5.74, 6) is 1.02. The summed E-state index contributed by atoms with van der Waals surface area (Å²) in [6.07, 6.45) is 1.47. The molecule has 2 aromatic heterocycles. The standard InChI is InChI=1S/C13H14N6O2/c1-9-5-3-4-6-11(9)21-7-10-12(15-8-14-10)19-13(20)18(2)16-17-19/h3-6,8H,7H2,1-2H3,(H,14,15)/i3T. The van der Waals surface area contributed by atoms with Crippen LogP contribution >= 0.6 is 0 Å². The van der Waals surface area contributed by atoms with Crippen molar-refractivity contribution in [1.82, 2.24) is 29.8 Å². The van der Waals surface area contributed by atoms with Gasteiger partial charge in [-0.1, -0.05) is 18.2 Å². The van der Waals surface area contributed by atoms with Gasteiger partial charge in [0.05, 0.1) is 13.4 Å². The number of nitrogens with one attached hydrogen (secondary N) is 1. The number of para-hydroxylation sites is 1. The Bertz CT molecular complexity index is 866. The van der Waals surface area contributed by atoms with E-state index in [1.54, 1.807) is 18.2 Å². The maximum absolute atomic E-state index is 11.9. The number of imidazole rings is 1. The second kappa shape index (κ2) is 5.23. The lowest BCUT2D eigenvalue weighted by Crippen LogP contribution is -2.23. The minimum Gasteiger partial charge on any atom is -0.487 e. The van der Waals surface area contributed by atoms with Crippen molar-refractivity contribution < 1.29 is 6.11 Å². The number of benzene rings is 1. The second-order valence-corrected chi connectivity index (χ2v) is 4.48. The lowest BCUT2D eigenvalue weighted by molar-refractivity contribution is 0.299. The molecule has 0 fully saturated rings. The fraction of sp³-hybridized carbons (Fsp3) is 0.231. The zero-order valence-corrected chi connectivity index (χ0v) is 11.6. The highest BCUT2D eigenvalue weighted by atomic mass is 16.5. The van der Waals surface area contributed by atoms with E-state index >= 15 is 0 Å². The fourth-order valence-electron chi connectivity index (χ4n) is 1.86. The molecule has 0 saturated carbocycles. The number of rotatable bonds is 4. The van der Waals surface area contributed by atoms with E-state index in [1.165, 1.54) is 13.4 Å². The first-order chi connectivity index (χ1) is 10.6. The van der Waals surface area contributed by atoms with Gasteiger partial charge >= 0.3 is 5.69 Å². The van der Waals surface area contributed by atoms with E-state index in [0.717, 1.165) is 14.9 Å². The topological polar surface area (TPSA) is 90.6 Å². The van der Waals surface area contributed by atoms with Gasteiger partial charge in [-0.25, -0.2) is 9.78 Å². The number of nitrogens with zero attached hydrogens (tertiary/aromatic N) is 5. The van der Waals surface area contributed by atoms with Gasteiger partial charge in [-0.2, -0.15) is 4.68 Å². The molecule has 0 aliphatic carbocycles. The molecule has 0 amide bonds. The summed E-state index contributed by atoms with van der Waals surface area (Å²) in [4.78, 5) is 18.9. The molecular formula is C13H14N6O2. The van der Waals surface area contributed by atoms with E-state index in [-0.39, 0.29) is 12.3 Å². The summed E-state index contributed by atoms with van der Waals surface area (Å²) in [6, 6.07) is 5.54. The third kappa shape index (κ3) is 2.42. The highest BCUT2D eigenvalue weighted by Crippen LogP contribution is 2.18. The normalized spacial score (nSPS) is 11.4. The van der Waals surface area contributed by atoms with E-state index in [9.17, 15) is 4.79 Å². The Hall–Kier alpha value is -2.90. The quantitative estimate of drug-likeness (QED) is 0.758. The van der Waals surface area contributed by atoms with Crippen LogP contribution < -0.4 is 10.4 Å². The smallest absolute Gasteiger partial charge is 0.369 e. The maximum Gasteiger partial charge on any atom is 0.369 e. The Morgan fingerprint density at radius 1 is 1.43 bits per heavy atom. The van der Waals surface area contributed by atoms with Gasteiger partial charge in [0.2, 0.25) is 0 Å². The number of aromatic nitrogens is 6. The van der Waals surface area contributed by atoms with E-state index in [1.807, 2.05) is 6.92 Å². The van der Waals surface area contributed by atoms with Crippen LogP contribution in [-0.2, 0) is 13.7 Å². The predicted molar refractivity (Wildman–Crippen MR) is 74.3 cm³/mol. The number of H-pyrrole nitrogens is 1. The number of ether oxygens (including phenoxy) is 1. The maximum atomic E-state index is 11.9. The van der Waals surface area contributed by atoms with Gasteiger partial charge in [-0.05, 0) is 29.0 Å². The van der Waals surface area contributed by atoms with Crippen molar-refractivity contribution in [1.29, 1.82) is 0 Å². The molecule has 0 radical (unpaired) electrons. The molecule has 21 heavy (non-hydrogen) atoms. The van der Waals surface area contributed by atoms with E-state index in [2.05, 4.69) is 20.4 Å². The summed E-state index contributed by atoms with van der Waals surface area (Å²) in [6.45, 7) is 2.06. The summed E-state index contributed by atoms with van der Waals surface area (Å²) < 4.78 is 15.5. The second-order valence-electron chi connectivity index (χ2n) is 4.48. The average molecular weight is 288 g/mol. The zero-order valence-electron chi connectivity index (χ0n) is 12.6. The van der Waals surface area contributed by atoms with Crippen LogP contribution in [0.1, 0.15) is 12.6 Å². The van der Waals surface area contributed by atoms with Crippen LogP contribution in [-0.4, -0.2) is 29.8 Å². The predicted octanol–water partition coefficient (Wildman–Crippen LogP) is 0.577. The monoisotopic (exact) mass is 288 g/mol. The number of tetrazole rings is 1. The molecule has 0 bridgehead atoms. The third-order valence-corrected chi connectivity index (χ3v) is 3.01. The van der Waals surface area contributed by atoms with Gasteiger partial charge < -0.3 is 9.72 Å². The van der Waals surface area contributed by atoms with Crippen LogP contribution in [0.3, 0.4) is 0 Å².